The lowest BCUT2D eigenvalue weighted by Gasteiger charge is -2.20. The molecule has 1 atom stereocenters. The van der Waals surface area contributed by atoms with Gasteiger partial charge in [0, 0.05) is 30.9 Å². The minimum Gasteiger partial charge on any atom is -0.341 e. The second kappa shape index (κ2) is 5.10. The average Bonchev–Trinajstić information content (AvgIpc) is 3.11. The predicted octanol–water partition coefficient (Wildman–Crippen LogP) is 0.821. The van der Waals surface area contributed by atoms with Crippen LogP contribution < -0.4 is 0 Å². The summed E-state index contributed by atoms with van der Waals surface area (Å²) in [6.45, 7) is 4.51. The number of rotatable bonds is 3. The number of hydrogen-bond acceptors (Lipinski definition) is 3. The second-order valence-electron chi connectivity index (χ2n) is 5.32. The summed E-state index contributed by atoms with van der Waals surface area (Å²) in [4.78, 5) is 16.4. The smallest absolute Gasteiger partial charge is 0.236 e. The number of nitrogens with zero attached hydrogens (tertiary/aromatic N) is 3. The van der Waals surface area contributed by atoms with E-state index >= 15 is 0 Å². The van der Waals surface area contributed by atoms with E-state index in [1.165, 1.54) is 12.8 Å². The van der Waals surface area contributed by atoms with Crippen LogP contribution in [-0.4, -0.2) is 58.6 Å². The summed E-state index contributed by atoms with van der Waals surface area (Å²) in [6.07, 6.45) is 5.31. The van der Waals surface area contributed by atoms with Gasteiger partial charge in [0.15, 0.2) is 0 Å². The lowest BCUT2D eigenvalue weighted by Crippen LogP contribution is -2.38. The van der Waals surface area contributed by atoms with E-state index in [0.29, 0.717) is 18.4 Å². The summed E-state index contributed by atoms with van der Waals surface area (Å²) in [5.41, 5.74) is 1.16. The van der Waals surface area contributed by atoms with Gasteiger partial charge in [-0.15, -0.1) is 0 Å². The first-order valence-corrected chi connectivity index (χ1v) is 6.82. The Morgan fingerprint density at radius 2 is 2.22 bits per heavy atom. The highest BCUT2D eigenvalue weighted by Crippen LogP contribution is 2.25. The number of nitrogens with one attached hydrogen (secondary N) is 1. The third-order valence-corrected chi connectivity index (χ3v) is 4.06. The third kappa shape index (κ3) is 2.41. The number of aromatic nitrogens is 2. The highest BCUT2D eigenvalue weighted by Gasteiger charge is 2.29. The van der Waals surface area contributed by atoms with Crippen LogP contribution in [0.2, 0.25) is 0 Å². The molecule has 0 radical (unpaired) electrons. The highest BCUT2D eigenvalue weighted by atomic mass is 16.2. The average molecular weight is 248 g/mol. The number of H-pyrrole nitrogens is 1. The Labute approximate surface area is 107 Å². The maximum absolute atomic E-state index is 12.2. The fourth-order valence-corrected chi connectivity index (χ4v) is 2.97. The molecule has 0 unspecified atom stereocenters. The summed E-state index contributed by atoms with van der Waals surface area (Å²) >= 11 is 0. The van der Waals surface area contributed by atoms with Crippen LogP contribution in [0.25, 0.3) is 0 Å². The molecular weight excluding hydrogens is 228 g/mol. The van der Waals surface area contributed by atoms with Crippen LogP contribution in [0, 0.1) is 0 Å². The third-order valence-electron chi connectivity index (χ3n) is 4.06. The van der Waals surface area contributed by atoms with Gasteiger partial charge in [-0.2, -0.15) is 5.10 Å². The molecule has 3 rings (SSSR count). The monoisotopic (exact) mass is 248 g/mol. The molecule has 0 aliphatic carbocycles. The molecule has 0 bridgehead atoms. The van der Waals surface area contributed by atoms with Crippen molar-refractivity contribution in [2.45, 2.75) is 25.2 Å². The summed E-state index contributed by atoms with van der Waals surface area (Å²) in [5.74, 6) is 0.731. The van der Waals surface area contributed by atoms with Gasteiger partial charge in [-0.3, -0.25) is 14.8 Å². The maximum Gasteiger partial charge on any atom is 0.236 e. The molecule has 1 amide bonds. The SMILES string of the molecule is O=C(CN1CCCC1)N1CC[C@@H](c2ccn[nH]2)C1. The van der Waals surface area contributed by atoms with E-state index in [9.17, 15) is 4.79 Å². The van der Waals surface area contributed by atoms with Crippen molar-refractivity contribution in [2.24, 2.45) is 0 Å². The van der Waals surface area contributed by atoms with Crippen LogP contribution in [0.15, 0.2) is 12.3 Å². The Hall–Kier alpha value is -1.36. The van der Waals surface area contributed by atoms with E-state index in [2.05, 4.69) is 15.1 Å². The summed E-state index contributed by atoms with van der Waals surface area (Å²) in [5, 5.41) is 7.00. The minimum absolute atomic E-state index is 0.291. The minimum atomic E-state index is 0.291. The first-order valence-electron chi connectivity index (χ1n) is 6.82. The molecule has 1 N–H and O–H groups in total. The van der Waals surface area contributed by atoms with Crippen molar-refractivity contribution < 1.29 is 4.79 Å². The molecule has 1 aromatic heterocycles. The standard InChI is InChI=1S/C13H20N4O/c18-13(10-16-6-1-2-7-16)17-8-4-11(9-17)12-3-5-14-15-12/h3,5,11H,1-2,4,6-10H2,(H,14,15)/t11-/m1/s1. The largest absolute Gasteiger partial charge is 0.341 e. The van der Waals surface area contributed by atoms with Gasteiger partial charge in [-0.25, -0.2) is 0 Å². The van der Waals surface area contributed by atoms with Crippen molar-refractivity contribution in [1.82, 2.24) is 20.0 Å². The van der Waals surface area contributed by atoms with Gasteiger partial charge in [0.2, 0.25) is 5.91 Å². The Kier molecular flexibility index (Phi) is 3.32. The van der Waals surface area contributed by atoms with Crippen LogP contribution in [-0.2, 0) is 4.79 Å². The molecule has 2 fully saturated rings. The molecule has 98 valence electrons. The molecule has 1 aromatic rings. The summed E-state index contributed by atoms with van der Waals surface area (Å²) in [7, 11) is 0. The van der Waals surface area contributed by atoms with Crippen LogP contribution in [0.5, 0.6) is 0 Å². The first kappa shape index (κ1) is 11.7. The maximum atomic E-state index is 12.2. The van der Waals surface area contributed by atoms with E-state index < -0.39 is 0 Å². The molecule has 18 heavy (non-hydrogen) atoms. The molecule has 0 saturated carbocycles. The quantitative estimate of drug-likeness (QED) is 0.861. The Morgan fingerprint density at radius 1 is 1.39 bits per heavy atom. The van der Waals surface area contributed by atoms with E-state index in [1.807, 2.05) is 11.0 Å². The van der Waals surface area contributed by atoms with Gasteiger partial charge in [0.25, 0.3) is 0 Å². The zero-order valence-electron chi connectivity index (χ0n) is 10.6. The number of carbonyl (C=O) groups is 1. The van der Waals surface area contributed by atoms with Gasteiger partial charge < -0.3 is 4.90 Å². The van der Waals surface area contributed by atoms with Crippen molar-refractivity contribution in [3.63, 3.8) is 0 Å². The Bertz CT molecular complexity index is 397. The van der Waals surface area contributed by atoms with Crippen molar-refractivity contribution in [1.29, 1.82) is 0 Å². The zero-order valence-corrected chi connectivity index (χ0v) is 10.6. The van der Waals surface area contributed by atoms with Gasteiger partial charge in [0.1, 0.15) is 0 Å². The Morgan fingerprint density at radius 3 is 2.94 bits per heavy atom. The summed E-state index contributed by atoms with van der Waals surface area (Å²) < 4.78 is 0. The van der Waals surface area contributed by atoms with Gasteiger partial charge in [-0.1, -0.05) is 0 Å². The van der Waals surface area contributed by atoms with Gasteiger partial charge in [-0.05, 0) is 38.4 Å². The van der Waals surface area contributed by atoms with Crippen LogP contribution >= 0.6 is 0 Å². The molecule has 0 spiro atoms. The van der Waals surface area contributed by atoms with Crippen molar-refractivity contribution in [3.8, 4) is 0 Å². The molecule has 2 aliphatic heterocycles. The molecule has 3 heterocycles. The Balaban J connectivity index is 1.53. The van der Waals surface area contributed by atoms with Crippen LogP contribution in [0.4, 0.5) is 0 Å². The van der Waals surface area contributed by atoms with Gasteiger partial charge in [0.05, 0.1) is 6.54 Å². The predicted molar refractivity (Wildman–Crippen MR) is 68.2 cm³/mol. The molecule has 5 heteroatoms. The van der Waals surface area contributed by atoms with E-state index in [-0.39, 0.29) is 0 Å². The zero-order chi connectivity index (χ0) is 12.4. The van der Waals surface area contributed by atoms with Crippen molar-refractivity contribution in [3.05, 3.63) is 18.0 Å². The normalized spacial score (nSPS) is 24.9. The topological polar surface area (TPSA) is 52.2 Å². The van der Waals surface area contributed by atoms with Crippen LogP contribution in [0.3, 0.4) is 0 Å². The van der Waals surface area contributed by atoms with Crippen molar-refractivity contribution >= 4 is 5.91 Å². The lowest BCUT2D eigenvalue weighted by atomic mass is 10.1. The second-order valence-corrected chi connectivity index (χ2v) is 5.32. The number of carbonyl (C=O) groups excluding carboxylic acids is 1. The van der Waals surface area contributed by atoms with Gasteiger partial charge >= 0.3 is 0 Å². The van der Waals surface area contributed by atoms with E-state index in [1.54, 1.807) is 6.20 Å². The molecule has 0 aromatic carbocycles. The first-order chi connectivity index (χ1) is 8.83. The fourth-order valence-electron chi connectivity index (χ4n) is 2.97. The molecule has 2 aliphatic rings. The highest BCUT2D eigenvalue weighted by molar-refractivity contribution is 5.78. The lowest BCUT2D eigenvalue weighted by molar-refractivity contribution is -0.131. The van der Waals surface area contributed by atoms with Crippen LogP contribution in [0.1, 0.15) is 30.9 Å². The fraction of sp³-hybridized carbons (Fsp3) is 0.692. The molecule has 5 nitrogen and oxygen atoms in total. The summed E-state index contributed by atoms with van der Waals surface area (Å²) in [6, 6.07) is 2.01. The number of aromatic amines is 1. The number of likely N-dealkylation sites (tertiary alicyclic amines) is 2. The van der Waals surface area contributed by atoms with Crippen molar-refractivity contribution in [2.75, 3.05) is 32.7 Å². The van der Waals surface area contributed by atoms with E-state index in [0.717, 1.165) is 38.3 Å². The number of amides is 1. The molecular formula is C13H20N4O. The number of hydrogen-bond donors (Lipinski definition) is 1. The van der Waals surface area contributed by atoms with E-state index in [4.69, 9.17) is 0 Å². The molecule has 2 saturated heterocycles.